The molecule has 118 valence electrons. The van der Waals surface area contributed by atoms with Gasteiger partial charge in [0.2, 0.25) is 0 Å². The Labute approximate surface area is 137 Å². The van der Waals surface area contributed by atoms with Gasteiger partial charge in [0.1, 0.15) is 0 Å². The SMILES string of the molecule is Clc1c(CN2CC[C@H](N3CCCCC3)C2)[nH]c2ccccc12. The number of piperidine rings is 1. The molecule has 3 nitrogen and oxygen atoms in total. The third kappa shape index (κ3) is 2.78. The van der Waals surface area contributed by atoms with Crippen LogP contribution in [0.3, 0.4) is 0 Å². The Morgan fingerprint density at radius 3 is 2.73 bits per heavy atom. The summed E-state index contributed by atoms with van der Waals surface area (Å²) in [6.07, 6.45) is 5.48. The Bertz CT molecular complexity index is 645. The van der Waals surface area contributed by atoms with Crippen LogP contribution in [0.4, 0.5) is 0 Å². The van der Waals surface area contributed by atoms with Crippen LogP contribution < -0.4 is 0 Å². The fourth-order valence-electron chi connectivity index (χ4n) is 4.03. The van der Waals surface area contributed by atoms with Crippen molar-refractivity contribution in [2.45, 2.75) is 38.3 Å². The van der Waals surface area contributed by atoms with E-state index in [0.717, 1.165) is 28.5 Å². The Hall–Kier alpha value is -1.03. The van der Waals surface area contributed by atoms with Crippen LogP contribution in [0, 0.1) is 0 Å². The number of aromatic amines is 1. The first-order valence-corrected chi connectivity index (χ1v) is 8.90. The summed E-state index contributed by atoms with van der Waals surface area (Å²) in [5.41, 5.74) is 2.32. The van der Waals surface area contributed by atoms with Gasteiger partial charge in [0.05, 0.1) is 5.02 Å². The van der Waals surface area contributed by atoms with E-state index < -0.39 is 0 Å². The predicted octanol–water partition coefficient (Wildman–Crippen LogP) is 3.88. The van der Waals surface area contributed by atoms with E-state index in [4.69, 9.17) is 11.6 Å². The molecule has 1 atom stereocenters. The Kier molecular flexibility index (Phi) is 4.12. The van der Waals surface area contributed by atoms with Gasteiger partial charge < -0.3 is 4.98 Å². The van der Waals surface area contributed by atoms with E-state index in [2.05, 4.69) is 33.0 Å². The van der Waals surface area contributed by atoms with Gasteiger partial charge in [-0.2, -0.15) is 0 Å². The fraction of sp³-hybridized carbons (Fsp3) is 0.556. The maximum absolute atomic E-state index is 6.55. The first kappa shape index (κ1) is 14.6. The highest BCUT2D eigenvalue weighted by atomic mass is 35.5. The molecule has 2 fully saturated rings. The van der Waals surface area contributed by atoms with Crippen molar-refractivity contribution in [3.8, 4) is 0 Å². The van der Waals surface area contributed by atoms with Gasteiger partial charge in [-0.1, -0.05) is 36.2 Å². The molecule has 2 aromatic rings. The van der Waals surface area contributed by atoms with Gasteiger partial charge >= 0.3 is 0 Å². The highest BCUT2D eigenvalue weighted by Crippen LogP contribution is 2.29. The van der Waals surface area contributed by atoms with Gasteiger partial charge in [-0.25, -0.2) is 0 Å². The molecule has 22 heavy (non-hydrogen) atoms. The molecule has 0 amide bonds. The lowest BCUT2D eigenvalue weighted by Gasteiger charge is -2.32. The molecule has 2 aliphatic heterocycles. The molecule has 2 aliphatic rings. The summed E-state index contributed by atoms with van der Waals surface area (Å²) >= 11 is 6.55. The Balaban J connectivity index is 1.44. The van der Waals surface area contributed by atoms with E-state index in [1.807, 2.05) is 6.07 Å². The van der Waals surface area contributed by atoms with Crippen molar-refractivity contribution in [1.82, 2.24) is 14.8 Å². The Morgan fingerprint density at radius 1 is 1.09 bits per heavy atom. The molecule has 3 heterocycles. The zero-order valence-electron chi connectivity index (χ0n) is 13.0. The lowest BCUT2D eigenvalue weighted by Crippen LogP contribution is -2.40. The zero-order valence-corrected chi connectivity index (χ0v) is 13.8. The van der Waals surface area contributed by atoms with E-state index in [1.54, 1.807) is 0 Å². The molecule has 0 unspecified atom stereocenters. The maximum atomic E-state index is 6.55. The van der Waals surface area contributed by atoms with Crippen LogP contribution in [0.2, 0.25) is 5.02 Å². The van der Waals surface area contributed by atoms with E-state index in [-0.39, 0.29) is 0 Å². The number of hydrogen-bond donors (Lipinski definition) is 1. The molecule has 0 aliphatic carbocycles. The number of nitrogens with one attached hydrogen (secondary N) is 1. The number of benzene rings is 1. The number of para-hydroxylation sites is 1. The number of hydrogen-bond acceptors (Lipinski definition) is 2. The average Bonchev–Trinajstić information content (AvgIpc) is 3.15. The van der Waals surface area contributed by atoms with Gasteiger partial charge in [0.15, 0.2) is 0 Å². The van der Waals surface area contributed by atoms with Crippen molar-refractivity contribution in [3.63, 3.8) is 0 Å². The number of likely N-dealkylation sites (tertiary alicyclic amines) is 2. The summed E-state index contributed by atoms with van der Waals surface area (Å²) in [4.78, 5) is 8.75. The summed E-state index contributed by atoms with van der Waals surface area (Å²) in [5.74, 6) is 0. The van der Waals surface area contributed by atoms with Crippen molar-refractivity contribution in [1.29, 1.82) is 0 Å². The first-order valence-electron chi connectivity index (χ1n) is 8.53. The summed E-state index contributed by atoms with van der Waals surface area (Å²) in [7, 11) is 0. The van der Waals surface area contributed by atoms with Crippen molar-refractivity contribution in [3.05, 3.63) is 35.0 Å². The third-order valence-electron chi connectivity index (χ3n) is 5.25. The van der Waals surface area contributed by atoms with E-state index >= 15 is 0 Å². The van der Waals surface area contributed by atoms with Crippen LogP contribution in [0.1, 0.15) is 31.4 Å². The van der Waals surface area contributed by atoms with Crippen LogP contribution >= 0.6 is 11.6 Å². The summed E-state index contributed by atoms with van der Waals surface area (Å²) in [6.45, 7) is 5.91. The fourth-order valence-corrected chi connectivity index (χ4v) is 4.31. The molecule has 0 saturated carbocycles. The van der Waals surface area contributed by atoms with Crippen LogP contribution in [-0.4, -0.2) is 47.0 Å². The summed E-state index contributed by atoms with van der Waals surface area (Å²) in [5, 5.41) is 2.04. The largest absolute Gasteiger partial charge is 0.356 e. The smallest absolute Gasteiger partial charge is 0.0705 e. The normalized spacial score (nSPS) is 24.3. The molecule has 2 saturated heterocycles. The predicted molar refractivity (Wildman–Crippen MR) is 92.4 cm³/mol. The molecule has 0 radical (unpaired) electrons. The number of rotatable bonds is 3. The number of fused-ring (bicyclic) bond motifs is 1. The van der Waals surface area contributed by atoms with Crippen molar-refractivity contribution in [2.75, 3.05) is 26.2 Å². The molecule has 4 rings (SSSR count). The quantitative estimate of drug-likeness (QED) is 0.928. The topological polar surface area (TPSA) is 22.3 Å². The second-order valence-electron chi connectivity index (χ2n) is 6.74. The van der Waals surface area contributed by atoms with Gasteiger partial charge in [0.25, 0.3) is 0 Å². The maximum Gasteiger partial charge on any atom is 0.0705 e. The number of H-pyrrole nitrogens is 1. The number of halogens is 1. The molecular formula is C18H24ClN3. The first-order chi connectivity index (χ1) is 10.8. The molecule has 1 aromatic carbocycles. The average molecular weight is 318 g/mol. The lowest BCUT2D eigenvalue weighted by atomic mass is 10.1. The third-order valence-corrected chi connectivity index (χ3v) is 5.68. The molecule has 0 bridgehead atoms. The second kappa shape index (κ2) is 6.23. The minimum absolute atomic E-state index is 0.753. The summed E-state index contributed by atoms with van der Waals surface area (Å²) in [6, 6.07) is 9.06. The van der Waals surface area contributed by atoms with Crippen molar-refractivity contribution >= 4 is 22.5 Å². The van der Waals surface area contributed by atoms with Crippen LogP contribution in [-0.2, 0) is 6.54 Å². The second-order valence-corrected chi connectivity index (χ2v) is 7.12. The molecule has 4 heteroatoms. The molecular weight excluding hydrogens is 294 g/mol. The van der Waals surface area contributed by atoms with Gasteiger partial charge in [-0.05, 0) is 38.4 Å². The molecule has 1 N–H and O–H groups in total. The van der Waals surface area contributed by atoms with Gasteiger partial charge in [-0.15, -0.1) is 0 Å². The lowest BCUT2D eigenvalue weighted by molar-refractivity contribution is 0.161. The van der Waals surface area contributed by atoms with Crippen LogP contribution in [0.25, 0.3) is 10.9 Å². The van der Waals surface area contributed by atoms with E-state index in [0.29, 0.717) is 0 Å². The van der Waals surface area contributed by atoms with Crippen molar-refractivity contribution < 1.29 is 0 Å². The van der Waals surface area contributed by atoms with E-state index in [1.165, 1.54) is 57.6 Å². The number of nitrogens with zero attached hydrogens (tertiary/aromatic N) is 2. The van der Waals surface area contributed by atoms with Crippen molar-refractivity contribution in [2.24, 2.45) is 0 Å². The molecule has 0 spiro atoms. The summed E-state index contributed by atoms with van der Waals surface area (Å²) < 4.78 is 0. The standard InChI is InChI=1S/C18H24ClN3/c19-18-15-6-2-3-7-16(15)20-17(18)13-21-11-8-14(12-21)22-9-4-1-5-10-22/h2-3,6-7,14,20H,1,4-5,8-13H2/t14-/m0/s1. The number of aromatic nitrogens is 1. The highest BCUT2D eigenvalue weighted by molar-refractivity contribution is 6.36. The molecule has 1 aromatic heterocycles. The highest BCUT2D eigenvalue weighted by Gasteiger charge is 2.29. The van der Waals surface area contributed by atoms with Gasteiger partial charge in [-0.3, -0.25) is 9.80 Å². The van der Waals surface area contributed by atoms with Gasteiger partial charge in [0, 0.05) is 42.3 Å². The van der Waals surface area contributed by atoms with E-state index in [9.17, 15) is 0 Å². The minimum Gasteiger partial charge on any atom is -0.356 e. The van der Waals surface area contributed by atoms with Crippen LogP contribution in [0.5, 0.6) is 0 Å². The minimum atomic E-state index is 0.753. The zero-order chi connectivity index (χ0) is 14.9. The monoisotopic (exact) mass is 317 g/mol. The van der Waals surface area contributed by atoms with Crippen LogP contribution in [0.15, 0.2) is 24.3 Å². The Morgan fingerprint density at radius 2 is 1.91 bits per heavy atom.